The van der Waals surface area contributed by atoms with Gasteiger partial charge in [-0.2, -0.15) is 0 Å². The smallest absolute Gasteiger partial charge is 0.308 e. The number of carbonyl (C=O) groups is 4. The van der Waals surface area contributed by atoms with Gasteiger partial charge in [0.1, 0.15) is 6.10 Å². The van der Waals surface area contributed by atoms with Crippen molar-refractivity contribution < 1.29 is 48.0 Å². The fraction of sp³-hybridized carbons (Fsp3) is 0.714. The number of hydrogen-bond donors (Lipinski definition) is 1. The molecule has 0 bridgehead atoms. The molecular formula is C14H20O10. The van der Waals surface area contributed by atoms with E-state index in [1.807, 2.05) is 0 Å². The van der Waals surface area contributed by atoms with Crippen LogP contribution in [0.2, 0.25) is 0 Å². The first-order valence-corrected chi connectivity index (χ1v) is 7.07. The lowest BCUT2D eigenvalue weighted by Gasteiger charge is -2.42. The highest BCUT2D eigenvalue weighted by atomic mass is 16.7. The molecule has 0 radical (unpaired) electrons. The Bertz CT molecular complexity index is 502. The molecule has 0 aromatic heterocycles. The highest BCUT2D eigenvalue weighted by Crippen LogP contribution is 2.29. The molecule has 1 fully saturated rings. The normalized spacial score (nSPS) is 29.3. The van der Waals surface area contributed by atoms with Crippen LogP contribution in [0.4, 0.5) is 0 Å². The van der Waals surface area contributed by atoms with E-state index >= 15 is 0 Å². The molecule has 1 unspecified atom stereocenters. The second-order valence-corrected chi connectivity index (χ2v) is 5.07. The lowest BCUT2D eigenvalue weighted by molar-refractivity contribution is -0.291. The van der Waals surface area contributed by atoms with E-state index in [0.717, 1.165) is 27.9 Å². The SMILES string of the molecule is COC(=O)C[C@H]1OC(O)[C@H](OC(C)=O)[C@@H](OC(C)=O)[C@@H]1OC(C)=O. The maximum atomic E-state index is 11.5. The third kappa shape index (κ3) is 5.46. The Morgan fingerprint density at radius 3 is 1.79 bits per heavy atom. The summed E-state index contributed by atoms with van der Waals surface area (Å²) in [5, 5.41) is 10.0. The Morgan fingerprint density at radius 1 is 0.875 bits per heavy atom. The molecule has 1 aliphatic rings. The summed E-state index contributed by atoms with van der Waals surface area (Å²) in [6.45, 7) is 3.28. The molecule has 0 spiro atoms. The standard InChI is InChI=1S/C14H20O10/c1-6(15)21-11-9(5-10(18)20-4)24-14(19)13(23-8(3)17)12(11)22-7(2)16/h9,11-14,19H,5H2,1-4H3/t9-,11-,12+,13-,14?/m1/s1. The van der Waals surface area contributed by atoms with Gasteiger partial charge in [0.05, 0.1) is 13.5 Å². The molecule has 5 atom stereocenters. The first-order chi connectivity index (χ1) is 11.1. The van der Waals surface area contributed by atoms with Gasteiger partial charge in [0.15, 0.2) is 24.6 Å². The fourth-order valence-electron chi connectivity index (χ4n) is 2.28. The van der Waals surface area contributed by atoms with E-state index in [-0.39, 0.29) is 6.42 Å². The average molecular weight is 348 g/mol. The minimum Gasteiger partial charge on any atom is -0.469 e. The number of carbonyl (C=O) groups excluding carboxylic acids is 4. The van der Waals surface area contributed by atoms with Crippen molar-refractivity contribution in [1.82, 2.24) is 0 Å². The number of aliphatic hydroxyl groups is 1. The minimum absolute atomic E-state index is 0.379. The quantitative estimate of drug-likeness (QED) is 0.490. The molecule has 0 amide bonds. The molecule has 1 N–H and O–H groups in total. The molecule has 0 aromatic carbocycles. The van der Waals surface area contributed by atoms with Crippen LogP contribution in [-0.2, 0) is 42.9 Å². The molecule has 1 rings (SSSR count). The Hall–Kier alpha value is -2.20. The molecule has 1 heterocycles. The zero-order chi connectivity index (χ0) is 18.4. The van der Waals surface area contributed by atoms with Crippen molar-refractivity contribution in [1.29, 1.82) is 0 Å². The van der Waals surface area contributed by atoms with E-state index in [1.54, 1.807) is 0 Å². The lowest BCUT2D eigenvalue weighted by Crippen LogP contribution is -2.61. The Balaban J connectivity index is 3.15. The van der Waals surface area contributed by atoms with Crippen LogP contribution in [0, 0.1) is 0 Å². The van der Waals surface area contributed by atoms with Crippen LogP contribution in [-0.4, -0.2) is 66.8 Å². The van der Waals surface area contributed by atoms with Gasteiger partial charge in [0.2, 0.25) is 0 Å². The summed E-state index contributed by atoms with van der Waals surface area (Å²) >= 11 is 0. The Morgan fingerprint density at radius 2 is 1.33 bits per heavy atom. The zero-order valence-electron chi connectivity index (χ0n) is 13.7. The molecule has 0 saturated carbocycles. The predicted molar refractivity (Wildman–Crippen MR) is 74.2 cm³/mol. The van der Waals surface area contributed by atoms with Crippen LogP contribution in [0.15, 0.2) is 0 Å². The van der Waals surface area contributed by atoms with Crippen molar-refractivity contribution in [2.24, 2.45) is 0 Å². The van der Waals surface area contributed by atoms with Gasteiger partial charge in [-0.15, -0.1) is 0 Å². The first kappa shape index (κ1) is 19.8. The second kappa shape index (κ2) is 8.60. The summed E-state index contributed by atoms with van der Waals surface area (Å²) in [6, 6.07) is 0. The molecule has 1 aliphatic heterocycles. The Kier molecular flexibility index (Phi) is 7.11. The average Bonchev–Trinajstić information content (AvgIpc) is 2.45. The lowest BCUT2D eigenvalue weighted by atomic mass is 9.96. The van der Waals surface area contributed by atoms with E-state index < -0.39 is 54.6 Å². The molecule has 1 saturated heterocycles. The van der Waals surface area contributed by atoms with Crippen LogP contribution in [0.3, 0.4) is 0 Å². The van der Waals surface area contributed by atoms with Gasteiger partial charge in [0.25, 0.3) is 0 Å². The maximum Gasteiger partial charge on any atom is 0.308 e. The summed E-state index contributed by atoms with van der Waals surface area (Å²) < 4.78 is 24.8. The molecule has 10 heteroatoms. The summed E-state index contributed by atoms with van der Waals surface area (Å²) in [5.74, 6) is -2.97. The number of aliphatic hydroxyl groups excluding tert-OH is 1. The number of methoxy groups -OCH3 is 1. The molecule has 136 valence electrons. The van der Waals surface area contributed by atoms with Crippen molar-refractivity contribution in [2.75, 3.05) is 7.11 Å². The Labute approximate surface area is 137 Å². The number of ether oxygens (including phenoxy) is 5. The molecule has 0 aliphatic carbocycles. The van der Waals surface area contributed by atoms with Crippen LogP contribution >= 0.6 is 0 Å². The van der Waals surface area contributed by atoms with Crippen molar-refractivity contribution in [3.63, 3.8) is 0 Å². The van der Waals surface area contributed by atoms with Crippen molar-refractivity contribution in [2.45, 2.75) is 57.9 Å². The van der Waals surface area contributed by atoms with Crippen LogP contribution < -0.4 is 0 Å². The fourth-order valence-corrected chi connectivity index (χ4v) is 2.28. The number of esters is 4. The number of hydrogen-bond acceptors (Lipinski definition) is 10. The summed E-state index contributed by atoms with van der Waals surface area (Å²) in [5.41, 5.74) is 0. The van der Waals surface area contributed by atoms with Crippen molar-refractivity contribution in [3.8, 4) is 0 Å². The van der Waals surface area contributed by atoms with E-state index in [9.17, 15) is 24.3 Å². The van der Waals surface area contributed by atoms with Gasteiger partial charge in [-0.3, -0.25) is 19.2 Å². The predicted octanol–water partition coefficient (Wildman–Crippen LogP) is -0.938. The van der Waals surface area contributed by atoms with Crippen molar-refractivity contribution in [3.05, 3.63) is 0 Å². The third-order valence-corrected chi connectivity index (χ3v) is 3.11. The summed E-state index contributed by atoms with van der Waals surface area (Å²) in [7, 11) is 1.15. The topological polar surface area (TPSA) is 135 Å². The molecular weight excluding hydrogens is 328 g/mol. The van der Waals surface area contributed by atoms with Crippen LogP contribution in [0.1, 0.15) is 27.2 Å². The van der Waals surface area contributed by atoms with E-state index in [0.29, 0.717) is 0 Å². The highest BCUT2D eigenvalue weighted by molar-refractivity contribution is 5.71. The van der Waals surface area contributed by atoms with Gasteiger partial charge in [-0.05, 0) is 0 Å². The maximum absolute atomic E-state index is 11.5. The van der Waals surface area contributed by atoms with Gasteiger partial charge >= 0.3 is 23.9 Å². The van der Waals surface area contributed by atoms with E-state index in [1.165, 1.54) is 0 Å². The van der Waals surface area contributed by atoms with E-state index in [2.05, 4.69) is 4.74 Å². The van der Waals surface area contributed by atoms with Crippen LogP contribution in [0.25, 0.3) is 0 Å². The molecule has 24 heavy (non-hydrogen) atoms. The third-order valence-electron chi connectivity index (χ3n) is 3.11. The van der Waals surface area contributed by atoms with E-state index in [4.69, 9.17) is 18.9 Å². The van der Waals surface area contributed by atoms with Gasteiger partial charge in [-0.25, -0.2) is 0 Å². The highest BCUT2D eigenvalue weighted by Gasteiger charge is 2.51. The molecule has 0 aromatic rings. The zero-order valence-corrected chi connectivity index (χ0v) is 13.7. The van der Waals surface area contributed by atoms with Gasteiger partial charge in [-0.1, -0.05) is 0 Å². The monoisotopic (exact) mass is 348 g/mol. The van der Waals surface area contributed by atoms with Crippen molar-refractivity contribution >= 4 is 23.9 Å². The van der Waals surface area contributed by atoms with Crippen LogP contribution in [0.5, 0.6) is 0 Å². The second-order valence-electron chi connectivity index (χ2n) is 5.07. The van der Waals surface area contributed by atoms with Gasteiger partial charge < -0.3 is 28.8 Å². The summed E-state index contributed by atoms with van der Waals surface area (Å²) in [4.78, 5) is 45.4. The van der Waals surface area contributed by atoms with Gasteiger partial charge in [0, 0.05) is 20.8 Å². The first-order valence-electron chi connectivity index (χ1n) is 7.07. The summed E-state index contributed by atoms with van der Waals surface area (Å²) in [6.07, 6.45) is -7.29. The molecule has 10 nitrogen and oxygen atoms in total. The minimum atomic E-state index is -1.69. The largest absolute Gasteiger partial charge is 0.469 e. The number of rotatable bonds is 5.